The molecule has 2 aromatic rings. The number of allylic oxidation sites excluding steroid dienone is 1. The second-order valence-electron chi connectivity index (χ2n) is 10.2. The molecule has 35 heavy (non-hydrogen) atoms. The number of aliphatic carboxylic acids is 1. The highest BCUT2D eigenvalue weighted by Gasteiger charge is 2.32. The number of carboxylic acid groups (broad SMARTS) is 1. The van der Waals surface area contributed by atoms with Crippen molar-refractivity contribution in [1.82, 2.24) is 19.4 Å². The summed E-state index contributed by atoms with van der Waals surface area (Å²) in [5, 5.41) is 9.74. The van der Waals surface area contributed by atoms with Crippen molar-refractivity contribution in [3.05, 3.63) is 48.7 Å². The number of imidazole rings is 1. The van der Waals surface area contributed by atoms with Gasteiger partial charge < -0.3 is 14.6 Å². The average Bonchev–Trinajstić information content (AvgIpc) is 3.19. The number of carbonyl (C=O) groups is 3. The normalized spacial score (nSPS) is 13.2. The molecule has 2 heterocycles. The van der Waals surface area contributed by atoms with Gasteiger partial charge in [-0.05, 0) is 66.0 Å². The SMILES string of the molecule is C[C@@H](CC=C(C(=O)O)c1cn(-c2ccccn2)cn1)CN(C(=O)OC(C)(C)C)C(=O)OC(C)(C)C. The first-order chi connectivity index (χ1) is 16.2. The van der Waals surface area contributed by atoms with Crippen molar-refractivity contribution in [2.45, 2.75) is 66.1 Å². The molecule has 1 atom stereocenters. The lowest BCUT2D eigenvalue weighted by atomic mass is 10.0. The van der Waals surface area contributed by atoms with E-state index >= 15 is 0 Å². The molecule has 0 saturated heterocycles. The molecule has 190 valence electrons. The summed E-state index contributed by atoms with van der Waals surface area (Å²) in [5.41, 5.74) is -1.33. The lowest BCUT2D eigenvalue weighted by Crippen LogP contribution is -2.45. The molecule has 0 aromatic carbocycles. The van der Waals surface area contributed by atoms with Crippen LogP contribution in [-0.2, 0) is 14.3 Å². The molecule has 0 aliphatic carbocycles. The van der Waals surface area contributed by atoms with Gasteiger partial charge in [0.25, 0.3) is 0 Å². The van der Waals surface area contributed by atoms with Crippen LogP contribution in [0.1, 0.15) is 60.6 Å². The van der Waals surface area contributed by atoms with Gasteiger partial charge >= 0.3 is 18.2 Å². The molecular formula is C25H34N4O6. The predicted molar refractivity (Wildman–Crippen MR) is 130 cm³/mol. The topological polar surface area (TPSA) is 124 Å². The van der Waals surface area contributed by atoms with Gasteiger partial charge in [0.15, 0.2) is 0 Å². The van der Waals surface area contributed by atoms with Crippen LogP contribution in [0.5, 0.6) is 0 Å². The third-order valence-electron chi connectivity index (χ3n) is 4.45. The molecule has 1 N–H and O–H groups in total. The number of pyridine rings is 1. The molecule has 0 spiro atoms. The highest BCUT2D eigenvalue weighted by atomic mass is 16.6. The largest absolute Gasteiger partial charge is 0.478 e. The minimum atomic E-state index is -1.14. The monoisotopic (exact) mass is 486 g/mol. The van der Waals surface area contributed by atoms with Crippen molar-refractivity contribution in [2.24, 2.45) is 5.92 Å². The lowest BCUT2D eigenvalue weighted by molar-refractivity contribution is -0.130. The van der Waals surface area contributed by atoms with E-state index in [1.54, 1.807) is 77.6 Å². The highest BCUT2D eigenvalue weighted by Crippen LogP contribution is 2.20. The van der Waals surface area contributed by atoms with Crippen molar-refractivity contribution < 1.29 is 29.0 Å². The van der Waals surface area contributed by atoms with Gasteiger partial charge in [-0.25, -0.2) is 29.3 Å². The maximum absolute atomic E-state index is 12.7. The second kappa shape index (κ2) is 11.2. The Hall–Kier alpha value is -3.69. The number of carbonyl (C=O) groups excluding carboxylic acids is 2. The first-order valence-electron chi connectivity index (χ1n) is 11.3. The minimum absolute atomic E-state index is 0.00705. The summed E-state index contributed by atoms with van der Waals surface area (Å²) in [6.45, 7) is 12.0. The summed E-state index contributed by atoms with van der Waals surface area (Å²) in [7, 11) is 0. The number of aromatic nitrogens is 3. The Labute approximate surface area is 205 Å². The first-order valence-corrected chi connectivity index (χ1v) is 11.3. The average molecular weight is 487 g/mol. The minimum Gasteiger partial charge on any atom is -0.478 e. The van der Waals surface area contributed by atoms with Crippen LogP contribution in [-0.4, -0.2) is 60.4 Å². The van der Waals surface area contributed by atoms with Gasteiger partial charge in [-0.2, -0.15) is 0 Å². The number of hydrogen-bond acceptors (Lipinski definition) is 7. The summed E-state index contributed by atoms with van der Waals surface area (Å²) in [6, 6.07) is 5.38. The van der Waals surface area contributed by atoms with E-state index in [1.807, 2.05) is 6.07 Å². The Kier molecular flexibility index (Phi) is 8.78. The first kappa shape index (κ1) is 27.6. The summed E-state index contributed by atoms with van der Waals surface area (Å²) >= 11 is 0. The maximum Gasteiger partial charge on any atom is 0.419 e. The maximum atomic E-state index is 12.7. The van der Waals surface area contributed by atoms with Crippen LogP contribution in [0.2, 0.25) is 0 Å². The molecule has 10 heteroatoms. The smallest absolute Gasteiger partial charge is 0.419 e. The van der Waals surface area contributed by atoms with Crippen molar-refractivity contribution >= 4 is 23.7 Å². The van der Waals surface area contributed by atoms with Crippen LogP contribution in [0.15, 0.2) is 43.0 Å². The van der Waals surface area contributed by atoms with Crippen LogP contribution in [0.4, 0.5) is 9.59 Å². The third kappa shape index (κ3) is 8.88. The van der Waals surface area contributed by atoms with Crippen molar-refractivity contribution in [2.75, 3.05) is 6.54 Å². The fraction of sp³-hybridized carbons (Fsp3) is 0.480. The number of rotatable bonds is 7. The molecule has 10 nitrogen and oxygen atoms in total. The molecule has 0 bridgehead atoms. The molecule has 2 aromatic heterocycles. The van der Waals surface area contributed by atoms with E-state index in [1.165, 1.54) is 12.4 Å². The Bertz CT molecular complexity index is 1040. The van der Waals surface area contributed by atoms with Crippen LogP contribution in [0.3, 0.4) is 0 Å². The van der Waals surface area contributed by atoms with E-state index in [9.17, 15) is 19.5 Å². The van der Waals surface area contributed by atoms with Gasteiger partial charge in [0.1, 0.15) is 23.3 Å². The predicted octanol–water partition coefficient (Wildman–Crippen LogP) is 4.93. The lowest BCUT2D eigenvalue weighted by Gasteiger charge is -2.29. The Morgan fingerprint density at radius 2 is 1.66 bits per heavy atom. The molecule has 0 fully saturated rings. The quantitative estimate of drug-likeness (QED) is 0.546. The zero-order valence-electron chi connectivity index (χ0n) is 21.3. The Balaban J connectivity index is 2.19. The fourth-order valence-corrected chi connectivity index (χ4v) is 2.96. The van der Waals surface area contributed by atoms with Crippen LogP contribution in [0, 0.1) is 5.92 Å². The van der Waals surface area contributed by atoms with Crippen molar-refractivity contribution in [3.8, 4) is 5.82 Å². The van der Waals surface area contributed by atoms with E-state index < -0.39 is 29.4 Å². The highest BCUT2D eigenvalue weighted by molar-refractivity contribution is 6.14. The third-order valence-corrected chi connectivity index (χ3v) is 4.45. The van der Waals surface area contributed by atoms with Gasteiger partial charge in [-0.1, -0.05) is 19.1 Å². The van der Waals surface area contributed by atoms with Gasteiger partial charge in [0.05, 0.1) is 11.3 Å². The second-order valence-corrected chi connectivity index (χ2v) is 10.2. The fourth-order valence-electron chi connectivity index (χ4n) is 2.96. The standard InChI is InChI=1S/C25H34N4O6/c1-17(14-29(22(32)34-24(2,3)4)23(33)35-25(5,6)7)11-12-18(21(30)31)19-15-28(16-27-19)20-10-8-9-13-26-20/h8-10,12-13,15-17H,11,14H2,1-7H3,(H,30,31)/t17-/m0/s1. The van der Waals surface area contributed by atoms with Crippen LogP contribution < -0.4 is 0 Å². The number of nitrogens with zero attached hydrogens (tertiary/aromatic N) is 4. The summed E-state index contributed by atoms with van der Waals surface area (Å²) in [6.07, 6.45) is 4.85. The van der Waals surface area contributed by atoms with E-state index in [-0.39, 0.29) is 30.2 Å². The van der Waals surface area contributed by atoms with Gasteiger partial charge in [-0.3, -0.25) is 4.57 Å². The molecule has 2 amide bonds. The summed E-state index contributed by atoms with van der Waals surface area (Å²) in [5.74, 6) is -0.823. The van der Waals surface area contributed by atoms with Gasteiger partial charge in [0.2, 0.25) is 0 Å². The van der Waals surface area contributed by atoms with Gasteiger partial charge in [0, 0.05) is 18.9 Å². The summed E-state index contributed by atoms with van der Waals surface area (Å²) < 4.78 is 12.4. The Morgan fingerprint density at radius 1 is 1.06 bits per heavy atom. The number of hydrogen-bond donors (Lipinski definition) is 1. The number of amides is 2. The zero-order chi connectivity index (χ0) is 26.4. The summed E-state index contributed by atoms with van der Waals surface area (Å²) in [4.78, 5) is 46.7. The Morgan fingerprint density at radius 3 is 2.14 bits per heavy atom. The van der Waals surface area contributed by atoms with Gasteiger partial charge in [-0.15, -0.1) is 0 Å². The molecule has 0 aliphatic rings. The molecule has 0 saturated carbocycles. The molecule has 0 radical (unpaired) electrons. The van der Waals surface area contributed by atoms with Crippen molar-refractivity contribution in [1.29, 1.82) is 0 Å². The van der Waals surface area contributed by atoms with E-state index in [2.05, 4.69) is 9.97 Å². The van der Waals surface area contributed by atoms with E-state index in [0.717, 1.165) is 4.90 Å². The zero-order valence-corrected chi connectivity index (χ0v) is 21.3. The number of carboxylic acids is 1. The molecule has 0 unspecified atom stereocenters. The van der Waals surface area contributed by atoms with Crippen LogP contribution >= 0.6 is 0 Å². The van der Waals surface area contributed by atoms with E-state index in [0.29, 0.717) is 5.82 Å². The molecule has 2 rings (SSSR count). The van der Waals surface area contributed by atoms with Crippen molar-refractivity contribution in [3.63, 3.8) is 0 Å². The van der Waals surface area contributed by atoms with E-state index in [4.69, 9.17) is 9.47 Å². The number of ether oxygens (including phenoxy) is 2. The van der Waals surface area contributed by atoms with Crippen LogP contribution in [0.25, 0.3) is 11.4 Å². The molecular weight excluding hydrogens is 452 g/mol. The number of imide groups is 1. The molecule has 0 aliphatic heterocycles.